The first kappa shape index (κ1) is 21.8. The van der Waals surface area contributed by atoms with E-state index in [4.69, 9.17) is 13.9 Å². The summed E-state index contributed by atoms with van der Waals surface area (Å²) in [5.41, 5.74) is 0.584. The normalized spacial score (nSPS) is 14.7. The SMILES string of the molecule is COc1cc(/C=C/C(=O)c2cc3ccccc3oc2=O)ccc1OCCN1CCCCC1. The Morgan fingerprint density at radius 2 is 1.88 bits per heavy atom. The minimum Gasteiger partial charge on any atom is -0.493 e. The van der Waals surface area contributed by atoms with E-state index in [0.29, 0.717) is 29.1 Å². The van der Waals surface area contributed by atoms with E-state index in [9.17, 15) is 9.59 Å². The van der Waals surface area contributed by atoms with Gasteiger partial charge in [0, 0.05) is 11.9 Å². The Morgan fingerprint density at radius 1 is 1.06 bits per heavy atom. The molecule has 0 radical (unpaired) electrons. The number of ether oxygens (including phenoxy) is 2. The summed E-state index contributed by atoms with van der Waals surface area (Å²) in [4.78, 5) is 27.2. The van der Waals surface area contributed by atoms with Gasteiger partial charge in [-0.3, -0.25) is 9.69 Å². The molecule has 2 heterocycles. The Morgan fingerprint density at radius 3 is 2.69 bits per heavy atom. The molecule has 0 bridgehead atoms. The molecule has 0 unspecified atom stereocenters. The summed E-state index contributed by atoms with van der Waals surface area (Å²) in [5.74, 6) is 0.858. The summed E-state index contributed by atoms with van der Waals surface area (Å²) in [7, 11) is 1.59. The van der Waals surface area contributed by atoms with Crippen LogP contribution in [-0.4, -0.2) is 44.0 Å². The second kappa shape index (κ2) is 10.3. The molecule has 0 amide bonds. The molecule has 1 aromatic heterocycles. The second-order valence-corrected chi connectivity index (χ2v) is 7.84. The third-order valence-corrected chi connectivity index (χ3v) is 5.64. The highest BCUT2D eigenvalue weighted by Gasteiger charge is 2.13. The lowest BCUT2D eigenvalue weighted by molar-refractivity contribution is 0.104. The van der Waals surface area contributed by atoms with Gasteiger partial charge in [-0.25, -0.2) is 4.79 Å². The number of allylic oxidation sites excluding steroid dienone is 1. The van der Waals surface area contributed by atoms with Crippen molar-refractivity contribution < 1.29 is 18.7 Å². The zero-order valence-electron chi connectivity index (χ0n) is 18.2. The molecule has 6 nitrogen and oxygen atoms in total. The molecule has 6 heteroatoms. The number of rotatable bonds is 8. The van der Waals surface area contributed by atoms with Gasteiger partial charge in [0.25, 0.3) is 0 Å². The number of nitrogens with zero attached hydrogens (tertiary/aromatic N) is 1. The molecule has 2 aromatic carbocycles. The summed E-state index contributed by atoms with van der Waals surface area (Å²) in [5, 5.41) is 0.705. The number of methoxy groups -OCH3 is 1. The molecule has 0 N–H and O–H groups in total. The Bertz CT molecular complexity index is 1170. The van der Waals surface area contributed by atoms with Gasteiger partial charge in [-0.2, -0.15) is 0 Å². The molecular formula is C26H27NO5. The Balaban J connectivity index is 1.43. The van der Waals surface area contributed by atoms with Crippen molar-refractivity contribution in [3.63, 3.8) is 0 Å². The number of hydrogen-bond acceptors (Lipinski definition) is 6. The van der Waals surface area contributed by atoms with Crippen LogP contribution in [0.5, 0.6) is 11.5 Å². The van der Waals surface area contributed by atoms with E-state index in [1.54, 1.807) is 37.5 Å². The molecule has 0 saturated carbocycles. The zero-order chi connectivity index (χ0) is 22.3. The topological polar surface area (TPSA) is 69.0 Å². The van der Waals surface area contributed by atoms with E-state index >= 15 is 0 Å². The van der Waals surface area contributed by atoms with Crippen LogP contribution in [0.25, 0.3) is 17.0 Å². The first-order chi connectivity index (χ1) is 15.6. The highest BCUT2D eigenvalue weighted by Crippen LogP contribution is 2.28. The summed E-state index contributed by atoms with van der Waals surface area (Å²) < 4.78 is 16.6. The molecule has 1 saturated heterocycles. The van der Waals surface area contributed by atoms with Crippen molar-refractivity contribution in [2.24, 2.45) is 0 Å². The molecule has 3 aromatic rings. The minimum absolute atomic E-state index is 0.00424. The van der Waals surface area contributed by atoms with Gasteiger partial charge in [0.1, 0.15) is 17.8 Å². The first-order valence-electron chi connectivity index (χ1n) is 10.9. The third kappa shape index (κ3) is 5.26. The van der Waals surface area contributed by atoms with Crippen LogP contribution in [-0.2, 0) is 0 Å². The number of fused-ring (bicyclic) bond motifs is 1. The van der Waals surface area contributed by atoms with Crippen LogP contribution in [0.15, 0.2) is 63.8 Å². The van der Waals surface area contributed by atoms with Crippen LogP contribution in [0.1, 0.15) is 35.2 Å². The van der Waals surface area contributed by atoms with Gasteiger partial charge in [-0.15, -0.1) is 0 Å². The largest absolute Gasteiger partial charge is 0.493 e. The standard InChI is InChI=1S/C26H27NO5/c1-30-25-17-19(10-12-24(25)31-16-15-27-13-5-2-6-14-27)9-11-22(28)21-18-20-7-3-4-8-23(20)32-26(21)29/h3-4,7-12,17-18H,2,5-6,13-16H2,1H3/b11-9+. The fourth-order valence-corrected chi connectivity index (χ4v) is 3.87. The fourth-order valence-electron chi connectivity index (χ4n) is 3.87. The lowest BCUT2D eigenvalue weighted by atomic mass is 10.1. The third-order valence-electron chi connectivity index (χ3n) is 5.64. The monoisotopic (exact) mass is 433 g/mol. The number of hydrogen-bond donors (Lipinski definition) is 0. The van der Waals surface area contributed by atoms with E-state index < -0.39 is 11.4 Å². The quantitative estimate of drug-likeness (QED) is 0.295. The number of ketones is 1. The van der Waals surface area contributed by atoms with Gasteiger partial charge in [0.15, 0.2) is 17.3 Å². The number of carbonyl (C=O) groups excluding carboxylic acids is 1. The van der Waals surface area contributed by atoms with Gasteiger partial charge >= 0.3 is 5.63 Å². The first-order valence-corrected chi connectivity index (χ1v) is 10.9. The van der Waals surface area contributed by atoms with Crippen LogP contribution in [0.3, 0.4) is 0 Å². The predicted octanol–water partition coefficient (Wildman–Crippen LogP) is 4.56. The molecule has 166 valence electrons. The molecular weight excluding hydrogens is 406 g/mol. The molecule has 1 fully saturated rings. The summed E-state index contributed by atoms with van der Waals surface area (Å²) in [6, 6.07) is 14.2. The molecule has 1 aliphatic rings. The Hall–Kier alpha value is -3.38. The van der Waals surface area contributed by atoms with E-state index in [-0.39, 0.29) is 5.56 Å². The maximum atomic E-state index is 12.6. The maximum absolute atomic E-state index is 12.6. The number of likely N-dealkylation sites (tertiary alicyclic amines) is 1. The van der Waals surface area contributed by atoms with E-state index in [1.807, 2.05) is 24.3 Å². The highest BCUT2D eigenvalue weighted by molar-refractivity contribution is 6.07. The lowest BCUT2D eigenvalue weighted by Crippen LogP contribution is -2.33. The summed E-state index contributed by atoms with van der Waals surface area (Å²) in [6.07, 6.45) is 6.84. The van der Waals surface area contributed by atoms with Crippen molar-refractivity contribution in [2.75, 3.05) is 33.4 Å². The van der Waals surface area contributed by atoms with Crippen molar-refractivity contribution in [3.05, 3.63) is 76.2 Å². The summed E-state index contributed by atoms with van der Waals surface area (Å²) in [6.45, 7) is 3.76. The number of benzene rings is 2. The van der Waals surface area contributed by atoms with Gasteiger partial charge in [-0.05, 0) is 61.8 Å². The lowest BCUT2D eigenvalue weighted by Gasteiger charge is -2.26. The van der Waals surface area contributed by atoms with Crippen LogP contribution in [0.4, 0.5) is 0 Å². The van der Waals surface area contributed by atoms with E-state index in [0.717, 1.165) is 25.2 Å². The Labute approximate surface area is 187 Å². The zero-order valence-corrected chi connectivity index (χ0v) is 18.2. The minimum atomic E-state index is -0.645. The van der Waals surface area contributed by atoms with Crippen molar-refractivity contribution in [2.45, 2.75) is 19.3 Å². The number of carbonyl (C=O) groups is 1. The van der Waals surface area contributed by atoms with Crippen molar-refractivity contribution >= 4 is 22.8 Å². The number of para-hydroxylation sites is 1. The highest BCUT2D eigenvalue weighted by atomic mass is 16.5. The van der Waals surface area contributed by atoms with Crippen molar-refractivity contribution in [3.8, 4) is 11.5 Å². The Kier molecular flexibility index (Phi) is 7.02. The van der Waals surface area contributed by atoms with E-state index in [2.05, 4.69) is 4.90 Å². The van der Waals surface area contributed by atoms with Crippen molar-refractivity contribution in [1.29, 1.82) is 0 Å². The maximum Gasteiger partial charge on any atom is 0.347 e. The average molecular weight is 434 g/mol. The average Bonchev–Trinajstić information content (AvgIpc) is 2.83. The van der Waals surface area contributed by atoms with E-state index in [1.165, 1.54) is 25.3 Å². The van der Waals surface area contributed by atoms with Crippen LogP contribution < -0.4 is 15.1 Å². The van der Waals surface area contributed by atoms with Gasteiger partial charge in [0.05, 0.1) is 7.11 Å². The predicted molar refractivity (Wildman–Crippen MR) is 125 cm³/mol. The van der Waals surface area contributed by atoms with Gasteiger partial charge in [0.2, 0.25) is 0 Å². The molecule has 0 aliphatic carbocycles. The van der Waals surface area contributed by atoms with Gasteiger partial charge in [-0.1, -0.05) is 36.8 Å². The summed E-state index contributed by atoms with van der Waals surface area (Å²) >= 11 is 0. The van der Waals surface area contributed by atoms with Crippen LogP contribution in [0, 0.1) is 0 Å². The smallest absolute Gasteiger partial charge is 0.347 e. The van der Waals surface area contributed by atoms with Crippen LogP contribution >= 0.6 is 0 Å². The molecule has 4 rings (SSSR count). The van der Waals surface area contributed by atoms with Crippen molar-refractivity contribution in [1.82, 2.24) is 4.90 Å². The van der Waals surface area contributed by atoms with Gasteiger partial charge < -0.3 is 13.9 Å². The molecule has 0 spiro atoms. The fraction of sp³-hybridized carbons (Fsp3) is 0.308. The number of piperidine rings is 1. The molecule has 0 atom stereocenters. The molecule has 32 heavy (non-hydrogen) atoms. The molecule has 1 aliphatic heterocycles. The van der Waals surface area contributed by atoms with Crippen LogP contribution in [0.2, 0.25) is 0 Å². The second-order valence-electron chi connectivity index (χ2n) is 7.84.